The summed E-state index contributed by atoms with van der Waals surface area (Å²) in [5, 5.41) is 12.6. The highest BCUT2D eigenvalue weighted by atomic mass is 32.2. The fourth-order valence-electron chi connectivity index (χ4n) is 4.24. The molecule has 4 rings (SSSR count). The third-order valence-corrected chi connectivity index (χ3v) is 6.77. The minimum atomic E-state index is 0.0857. The number of hydrogen-bond donors (Lipinski definition) is 1. The van der Waals surface area contributed by atoms with E-state index in [-0.39, 0.29) is 5.91 Å². The molecule has 1 aromatic heterocycles. The van der Waals surface area contributed by atoms with Gasteiger partial charge in [0.05, 0.1) is 11.9 Å². The Labute approximate surface area is 176 Å². The van der Waals surface area contributed by atoms with Gasteiger partial charge in [-0.3, -0.25) is 4.79 Å². The first-order chi connectivity index (χ1) is 14.2. The van der Waals surface area contributed by atoms with Crippen molar-refractivity contribution in [2.75, 3.05) is 5.75 Å². The lowest BCUT2D eigenvalue weighted by molar-refractivity contribution is -0.119. The van der Waals surface area contributed by atoms with Crippen molar-refractivity contribution in [2.45, 2.75) is 82.1 Å². The van der Waals surface area contributed by atoms with E-state index in [4.69, 9.17) is 4.74 Å². The molecule has 1 N–H and O–H groups in total. The molecule has 0 atom stereocenters. The Kier molecular flexibility index (Phi) is 6.74. The summed E-state index contributed by atoms with van der Waals surface area (Å²) in [7, 11) is 0. The predicted octanol–water partition coefficient (Wildman–Crippen LogP) is 4.44. The summed E-state index contributed by atoms with van der Waals surface area (Å²) in [6, 6.07) is 8.48. The van der Waals surface area contributed by atoms with Crippen LogP contribution in [0.5, 0.6) is 5.75 Å². The second kappa shape index (κ2) is 9.65. The molecule has 0 unspecified atom stereocenters. The molecule has 7 heteroatoms. The lowest BCUT2D eigenvalue weighted by atomic mass is 10.2. The molecule has 2 saturated carbocycles. The molecule has 1 heterocycles. The number of aromatic nitrogens is 3. The highest BCUT2D eigenvalue weighted by Gasteiger charge is 2.19. The lowest BCUT2D eigenvalue weighted by Crippen LogP contribution is -2.33. The Hall–Kier alpha value is -2.02. The lowest BCUT2D eigenvalue weighted by Gasteiger charge is -2.13. The summed E-state index contributed by atoms with van der Waals surface area (Å²) >= 11 is 1.46. The first-order valence-electron chi connectivity index (χ1n) is 10.9. The largest absolute Gasteiger partial charge is 0.490 e. The van der Waals surface area contributed by atoms with Crippen LogP contribution < -0.4 is 10.1 Å². The molecule has 0 radical (unpaired) electrons. The Morgan fingerprint density at radius 1 is 1.10 bits per heavy atom. The van der Waals surface area contributed by atoms with E-state index in [2.05, 4.69) is 27.0 Å². The van der Waals surface area contributed by atoms with E-state index in [0.717, 1.165) is 54.5 Å². The zero-order chi connectivity index (χ0) is 20.1. The maximum Gasteiger partial charge on any atom is 0.230 e. The van der Waals surface area contributed by atoms with Crippen molar-refractivity contribution in [2.24, 2.45) is 0 Å². The summed E-state index contributed by atoms with van der Waals surface area (Å²) in [6.45, 7) is 2.84. The minimum absolute atomic E-state index is 0.0857. The van der Waals surface area contributed by atoms with Crippen LogP contribution in [0.2, 0.25) is 0 Å². The minimum Gasteiger partial charge on any atom is -0.490 e. The molecule has 1 aromatic carbocycles. The van der Waals surface area contributed by atoms with Gasteiger partial charge in [-0.15, -0.1) is 10.2 Å². The molecule has 0 bridgehead atoms. The number of hydrogen-bond acceptors (Lipinski definition) is 5. The quantitative estimate of drug-likeness (QED) is 0.647. The monoisotopic (exact) mass is 414 g/mol. The van der Waals surface area contributed by atoms with Gasteiger partial charge in [0.25, 0.3) is 0 Å². The number of ether oxygens (including phenoxy) is 1. The fraction of sp³-hybridized carbons (Fsp3) is 0.591. The predicted molar refractivity (Wildman–Crippen MR) is 115 cm³/mol. The Bertz CT molecular complexity index is 809. The van der Waals surface area contributed by atoms with Gasteiger partial charge in [0.2, 0.25) is 5.91 Å². The molecule has 29 heavy (non-hydrogen) atoms. The van der Waals surface area contributed by atoms with Crippen molar-refractivity contribution in [3.63, 3.8) is 0 Å². The molecule has 2 aliphatic carbocycles. The summed E-state index contributed by atoms with van der Waals surface area (Å²) in [4.78, 5) is 12.2. The van der Waals surface area contributed by atoms with Gasteiger partial charge in [-0.25, -0.2) is 0 Å². The molecular weight excluding hydrogens is 384 g/mol. The van der Waals surface area contributed by atoms with E-state index in [0.29, 0.717) is 17.9 Å². The van der Waals surface area contributed by atoms with Crippen LogP contribution in [0, 0.1) is 0 Å². The van der Waals surface area contributed by atoms with Gasteiger partial charge in [0.15, 0.2) is 11.0 Å². The van der Waals surface area contributed by atoms with Gasteiger partial charge in [-0.05, 0) is 69.7 Å². The average molecular weight is 415 g/mol. The molecule has 1 amide bonds. The Balaban J connectivity index is 1.37. The number of nitrogens with one attached hydrogen (secondary N) is 1. The van der Waals surface area contributed by atoms with Crippen molar-refractivity contribution in [1.82, 2.24) is 20.1 Å². The summed E-state index contributed by atoms with van der Waals surface area (Å²) in [5.41, 5.74) is 1.01. The molecular formula is C22H30N4O2S. The molecule has 156 valence electrons. The number of nitrogens with zero attached hydrogens (tertiary/aromatic N) is 3. The first-order valence-corrected chi connectivity index (χ1v) is 11.8. The van der Waals surface area contributed by atoms with Crippen LogP contribution in [0.15, 0.2) is 29.4 Å². The van der Waals surface area contributed by atoms with Gasteiger partial charge in [0, 0.05) is 18.2 Å². The molecule has 0 spiro atoms. The molecule has 2 aliphatic rings. The van der Waals surface area contributed by atoms with Crippen LogP contribution in [0.4, 0.5) is 0 Å². The normalized spacial score (nSPS) is 17.7. The molecule has 2 fully saturated rings. The van der Waals surface area contributed by atoms with Crippen molar-refractivity contribution >= 4 is 17.7 Å². The van der Waals surface area contributed by atoms with E-state index in [1.807, 2.05) is 24.3 Å². The number of carbonyl (C=O) groups excluding carboxylic acids is 1. The van der Waals surface area contributed by atoms with E-state index in [1.165, 1.54) is 37.4 Å². The third-order valence-electron chi connectivity index (χ3n) is 5.80. The summed E-state index contributed by atoms with van der Waals surface area (Å²) in [5.74, 6) is 2.21. The second-order valence-corrected chi connectivity index (χ2v) is 8.88. The first kappa shape index (κ1) is 20.3. The van der Waals surface area contributed by atoms with Gasteiger partial charge >= 0.3 is 0 Å². The van der Waals surface area contributed by atoms with E-state index >= 15 is 0 Å². The highest BCUT2D eigenvalue weighted by Crippen LogP contribution is 2.28. The smallest absolute Gasteiger partial charge is 0.230 e. The standard InChI is InChI=1S/C22H30N4O2S/c1-2-26-21(16-11-13-19(14-12-16)28-18-9-5-6-10-18)24-25-22(26)29-15-20(27)23-17-7-3-4-8-17/h11-14,17-18H,2-10,15H2,1H3,(H,23,27). The zero-order valence-corrected chi connectivity index (χ0v) is 17.9. The maximum atomic E-state index is 12.2. The maximum absolute atomic E-state index is 12.2. The van der Waals surface area contributed by atoms with Crippen molar-refractivity contribution < 1.29 is 9.53 Å². The second-order valence-electron chi connectivity index (χ2n) is 7.94. The molecule has 0 saturated heterocycles. The average Bonchev–Trinajstić information content (AvgIpc) is 3.49. The van der Waals surface area contributed by atoms with Crippen molar-refractivity contribution in [1.29, 1.82) is 0 Å². The van der Waals surface area contributed by atoms with Crippen LogP contribution >= 0.6 is 11.8 Å². The molecule has 0 aliphatic heterocycles. The fourth-order valence-corrected chi connectivity index (χ4v) is 5.06. The number of rotatable bonds is 8. The zero-order valence-electron chi connectivity index (χ0n) is 17.1. The summed E-state index contributed by atoms with van der Waals surface area (Å²) < 4.78 is 8.13. The number of benzene rings is 1. The number of thioether (sulfide) groups is 1. The van der Waals surface area contributed by atoms with Crippen molar-refractivity contribution in [3.8, 4) is 17.1 Å². The van der Waals surface area contributed by atoms with Gasteiger partial charge < -0.3 is 14.6 Å². The number of carbonyl (C=O) groups is 1. The van der Waals surface area contributed by atoms with Crippen LogP contribution in [-0.2, 0) is 11.3 Å². The van der Waals surface area contributed by atoms with Crippen molar-refractivity contribution in [3.05, 3.63) is 24.3 Å². The van der Waals surface area contributed by atoms with Crippen LogP contribution in [0.25, 0.3) is 11.4 Å². The van der Waals surface area contributed by atoms with E-state index < -0.39 is 0 Å². The van der Waals surface area contributed by atoms with Crippen LogP contribution in [0.1, 0.15) is 58.3 Å². The molecule has 2 aromatic rings. The molecule has 6 nitrogen and oxygen atoms in total. The van der Waals surface area contributed by atoms with Crippen LogP contribution in [0.3, 0.4) is 0 Å². The van der Waals surface area contributed by atoms with Gasteiger partial charge in [0.1, 0.15) is 5.75 Å². The Morgan fingerprint density at radius 3 is 2.48 bits per heavy atom. The van der Waals surface area contributed by atoms with Gasteiger partial charge in [-0.2, -0.15) is 0 Å². The van der Waals surface area contributed by atoms with E-state index in [9.17, 15) is 4.79 Å². The van der Waals surface area contributed by atoms with E-state index in [1.54, 1.807) is 0 Å². The SMILES string of the molecule is CCn1c(SCC(=O)NC2CCCC2)nnc1-c1ccc(OC2CCCC2)cc1. The number of amides is 1. The van der Waals surface area contributed by atoms with Crippen LogP contribution in [-0.4, -0.2) is 38.6 Å². The third kappa shape index (κ3) is 5.13. The Morgan fingerprint density at radius 2 is 1.79 bits per heavy atom. The topological polar surface area (TPSA) is 69.0 Å². The highest BCUT2D eigenvalue weighted by molar-refractivity contribution is 7.99. The summed E-state index contributed by atoms with van der Waals surface area (Å²) in [6.07, 6.45) is 9.84. The van der Waals surface area contributed by atoms with Gasteiger partial charge in [-0.1, -0.05) is 24.6 Å².